The van der Waals surface area contributed by atoms with E-state index in [4.69, 9.17) is 4.74 Å². The van der Waals surface area contributed by atoms with Gasteiger partial charge in [-0.25, -0.2) is 0 Å². The molecule has 2 nitrogen and oxygen atoms in total. The number of nitrogens with zero attached hydrogens (tertiary/aromatic N) is 1. The largest absolute Gasteiger partial charge is 0.376 e. The van der Waals surface area contributed by atoms with E-state index in [0.717, 1.165) is 19.6 Å². The van der Waals surface area contributed by atoms with E-state index >= 15 is 0 Å². The lowest BCUT2D eigenvalue weighted by molar-refractivity contribution is 0.112. The average Bonchev–Trinajstić information content (AvgIpc) is 2.79. The first kappa shape index (κ1) is 12.1. The highest BCUT2D eigenvalue weighted by Gasteiger charge is 2.08. The number of fused-ring (bicyclic) bond motifs is 1. The Hall–Kier alpha value is -0.380. The van der Waals surface area contributed by atoms with Crippen molar-refractivity contribution in [3.8, 4) is 0 Å². The minimum absolute atomic E-state index is 0.832. The van der Waals surface area contributed by atoms with Gasteiger partial charge in [-0.15, -0.1) is 11.3 Å². The van der Waals surface area contributed by atoms with Crippen LogP contribution in [0.15, 0.2) is 11.4 Å². The van der Waals surface area contributed by atoms with Gasteiger partial charge in [-0.2, -0.15) is 0 Å². The van der Waals surface area contributed by atoms with Crippen LogP contribution in [0.25, 0.3) is 0 Å². The van der Waals surface area contributed by atoms with E-state index in [9.17, 15) is 0 Å². The second-order valence-electron chi connectivity index (χ2n) is 4.54. The Morgan fingerprint density at radius 3 is 2.69 bits per heavy atom. The van der Waals surface area contributed by atoms with Gasteiger partial charge in [0.2, 0.25) is 0 Å². The Morgan fingerprint density at radius 1 is 1.25 bits per heavy atom. The van der Waals surface area contributed by atoms with Crippen molar-refractivity contribution in [3.05, 3.63) is 21.9 Å². The topological polar surface area (TPSA) is 12.5 Å². The number of thiophene rings is 1. The van der Waals surface area contributed by atoms with Crippen LogP contribution in [0.5, 0.6) is 0 Å². The van der Waals surface area contributed by atoms with Gasteiger partial charge in [0.1, 0.15) is 0 Å². The molecule has 0 amide bonds. The van der Waals surface area contributed by atoms with Gasteiger partial charge >= 0.3 is 0 Å². The Kier molecular flexibility index (Phi) is 4.82. The van der Waals surface area contributed by atoms with E-state index in [1.165, 1.54) is 42.8 Å². The fraction of sp³-hybridized carbons (Fsp3) is 0.692. The highest BCUT2D eigenvalue weighted by molar-refractivity contribution is 7.10. The fourth-order valence-corrected chi connectivity index (χ4v) is 2.99. The molecular formula is C13H21NOS. The van der Waals surface area contributed by atoms with Crippen molar-refractivity contribution in [2.24, 2.45) is 0 Å². The molecule has 0 atom stereocenters. The van der Waals surface area contributed by atoms with Crippen LogP contribution in [-0.4, -0.2) is 31.6 Å². The van der Waals surface area contributed by atoms with Crippen molar-refractivity contribution in [1.29, 1.82) is 0 Å². The number of hydrogen-bond acceptors (Lipinski definition) is 3. The molecule has 3 rings (SSSR count). The Balaban J connectivity index is 0.000000125. The molecule has 2 aliphatic heterocycles. The molecule has 0 spiro atoms. The quantitative estimate of drug-likeness (QED) is 0.690. The highest BCUT2D eigenvalue weighted by Crippen LogP contribution is 2.21. The van der Waals surface area contributed by atoms with Gasteiger partial charge in [-0.05, 0) is 50.0 Å². The predicted octanol–water partition coefficient (Wildman–Crippen LogP) is 2.92. The molecule has 3 heterocycles. The predicted molar refractivity (Wildman–Crippen MR) is 69.0 cm³/mol. The molecule has 1 aromatic rings. The van der Waals surface area contributed by atoms with E-state index in [0.29, 0.717) is 0 Å². The summed E-state index contributed by atoms with van der Waals surface area (Å²) in [5.74, 6) is 0. The van der Waals surface area contributed by atoms with Crippen molar-refractivity contribution >= 4 is 11.3 Å². The molecule has 1 saturated heterocycles. The van der Waals surface area contributed by atoms with Crippen molar-refractivity contribution in [2.75, 3.05) is 26.7 Å². The first-order chi connectivity index (χ1) is 7.86. The zero-order chi connectivity index (χ0) is 11.2. The number of likely N-dealkylation sites (tertiary alicyclic amines) is 1. The summed E-state index contributed by atoms with van der Waals surface area (Å²) in [5.41, 5.74) is 1.39. The van der Waals surface area contributed by atoms with Crippen LogP contribution in [0, 0.1) is 0 Å². The molecule has 0 N–H and O–H groups in total. The minimum atomic E-state index is 0.832. The minimum Gasteiger partial charge on any atom is -0.376 e. The third-order valence-corrected chi connectivity index (χ3v) is 4.17. The van der Waals surface area contributed by atoms with Crippen molar-refractivity contribution in [1.82, 2.24) is 4.90 Å². The summed E-state index contributed by atoms with van der Waals surface area (Å²) in [6, 6.07) is 2.15. The molecule has 3 heteroatoms. The average molecular weight is 239 g/mol. The third-order valence-electron chi connectivity index (χ3n) is 3.15. The molecule has 0 unspecified atom stereocenters. The Labute approximate surface area is 102 Å². The summed E-state index contributed by atoms with van der Waals surface area (Å²) in [6.45, 7) is 4.38. The molecule has 90 valence electrons. The molecule has 0 saturated carbocycles. The van der Waals surface area contributed by atoms with Crippen molar-refractivity contribution in [3.63, 3.8) is 0 Å². The van der Waals surface area contributed by atoms with Crippen LogP contribution >= 0.6 is 11.3 Å². The van der Waals surface area contributed by atoms with Gasteiger partial charge in [-0.1, -0.05) is 6.42 Å². The van der Waals surface area contributed by atoms with Gasteiger partial charge in [-0.3, -0.25) is 0 Å². The summed E-state index contributed by atoms with van der Waals surface area (Å²) in [5, 5.41) is 2.14. The molecule has 1 aromatic heterocycles. The molecule has 16 heavy (non-hydrogen) atoms. The van der Waals surface area contributed by atoms with Crippen LogP contribution in [0.4, 0.5) is 0 Å². The maximum absolute atomic E-state index is 5.26. The standard InChI is InChI=1S/C7H8OS.C6H13N/c1-3-8-5-6-2-4-9-7(1)6;1-7-5-3-2-4-6-7/h2,4H,1,3,5H2;2-6H2,1H3. The highest BCUT2D eigenvalue weighted by atomic mass is 32.1. The van der Waals surface area contributed by atoms with Crippen LogP contribution in [-0.2, 0) is 17.8 Å². The van der Waals surface area contributed by atoms with Crippen LogP contribution < -0.4 is 0 Å². The van der Waals surface area contributed by atoms with Gasteiger partial charge in [0.05, 0.1) is 13.2 Å². The van der Waals surface area contributed by atoms with Crippen LogP contribution in [0.1, 0.15) is 29.7 Å². The van der Waals surface area contributed by atoms with E-state index < -0.39 is 0 Å². The zero-order valence-corrected chi connectivity index (χ0v) is 10.9. The summed E-state index contributed by atoms with van der Waals surface area (Å²) in [7, 11) is 2.19. The fourth-order valence-electron chi connectivity index (χ4n) is 2.11. The third kappa shape index (κ3) is 3.58. The van der Waals surface area contributed by atoms with E-state index in [-0.39, 0.29) is 0 Å². The Bertz CT molecular complexity index is 284. The monoisotopic (exact) mass is 239 g/mol. The molecule has 0 bridgehead atoms. The molecule has 1 fully saturated rings. The first-order valence-corrected chi connectivity index (χ1v) is 7.06. The maximum atomic E-state index is 5.26. The van der Waals surface area contributed by atoms with Crippen LogP contribution in [0.3, 0.4) is 0 Å². The van der Waals surface area contributed by atoms with Gasteiger partial charge < -0.3 is 9.64 Å². The first-order valence-electron chi connectivity index (χ1n) is 6.18. The molecule has 2 aliphatic rings. The smallest absolute Gasteiger partial charge is 0.0727 e. The van der Waals surface area contributed by atoms with Crippen molar-refractivity contribution < 1.29 is 4.74 Å². The lowest BCUT2D eigenvalue weighted by Crippen LogP contribution is -2.24. The lowest BCUT2D eigenvalue weighted by Gasteiger charge is -2.20. The summed E-state index contributed by atoms with van der Waals surface area (Å²) < 4.78 is 5.26. The number of ether oxygens (including phenoxy) is 1. The Morgan fingerprint density at radius 2 is 2.06 bits per heavy atom. The zero-order valence-electron chi connectivity index (χ0n) is 10.1. The molecular weight excluding hydrogens is 218 g/mol. The van der Waals surface area contributed by atoms with Gasteiger partial charge in [0.15, 0.2) is 0 Å². The normalized spacial score (nSPS) is 20.8. The van der Waals surface area contributed by atoms with Crippen molar-refractivity contribution in [2.45, 2.75) is 32.3 Å². The lowest BCUT2D eigenvalue weighted by atomic mass is 10.1. The van der Waals surface area contributed by atoms with Gasteiger partial charge in [0.25, 0.3) is 0 Å². The second-order valence-corrected chi connectivity index (χ2v) is 5.54. The van der Waals surface area contributed by atoms with Gasteiger partial charge in [0, 0.05) is 11.3 Å². The maximum Gasteiger partial charge on any atom is 0.0727 e. The molecule has 0 aliphatic carbocycles. The number of rotatable bonds is 0. The molecule has 0 aromatic carbocycles. The second kappa shape index (κ2) is 6.38. The van der Waals surface area contributed by atoms with E-state index in [1.807, 2.05) is 11.3 Å². The van der Waals surface area contributed by atoms with E-state index in [2.05, 4.69) is 23.4 Å². The van der Waals surface area contributed by atoms with Crippen LogP contribution in [0.2, 0.25) is 0 Å². The SMILES string of the molecule is CN1CCCCC1.c1cc2c(s1)CCOC2. The number of piperidine rings is 1. The molecule has 0 radical (unpaired) electrons. The van der Waals surface area contributed by atoms with E-state index in [1.54, 1.807) is 0 Å². The summed E-state index contributed by atoms with van der Waals surface area (Å²) >= 11 is 1.85. The summed E-state index contributed by atoms with van der Waals surface area (Å²) in [4.78, 5) is 3.91. The number of hydrogen-bond donors (Lipinski definition) is 0. The summed E-state index contributed by atoms with van der Waals surface area (Å²) in [6.07, 6.45) is 5.39.